The van der Waals surface area contributed by atoms with Crippen LogP contribution in [0, 0.1) is 6.92 Å². The zero-order valence-corrected chi connectivity index (χ0v) is 18.4. The number of unbranched alkanes of at least 4 members (excludes halogenated alkanes) is 2. The summed E-state index contributed by atoms with van der Waals surface area (Å²) in [4.78, 5) is 18.0. The minimum Gasteiger partial charge on any atom is -0.317 e. The monoisotopic (exact) mass is 437 g/mol. The molecule has 160 valence electrons. The Morgan fingerprint density at radius 2 is 1.84 bits per heavy atom. The van der Waals surface area contributed by atoms with Gasteiger partial charge in [0, 0.05) is 6.20 Å². The first kappa shape index (κ1) is 21.0. The molecule has 0 bridgehead atoms. The van der Waals surface area contributed by atoms with Crippen molar-refractivity contribution in [3.63, 3.8) is 0 Å². The van der Waals surface area contributed by atoms with Crippen LogP contribution < -0.4 is 15.9 Å². The molecule has 3 heterocycles. The third-order valence-electron chi connectivity index (χ3n) is 5.39. The lowest BCUT2D eigenvalue weighted by Gasteiger charge is -2.13. The van der Waals surface area contributed by atoms with Crippen LogP contribution in [-0.4, -0.2) is 17.8 Å². The number of anilines is 1. The van der Waals surface area contributed by atoms with Gasteiger partial charge in [0.05, 0.1) is 11.4 Å². The number of sulfone groups is 1. The maximum absolute atomic E-state index is 13.4. The molecule has 0 aliphatic rings. The van der Waals surface area contributed by atoms with Gasteiger partial charge < -0.3 is 5.73 Å². The van der Waals surface area contributed by atoms with Crippen molar-refractivity contribution in [1.29, 1.82) is 0 Å². The van der Waals surface area contributed by atoms with Gasteiger partial charge in [-0.15, -0.1) is 0 Å². The second-order valence-corrected chi connectivity index (χ2v) is 9.58. The van der Waals surface area contributed by atoms with Crippen LogP contribution in [0.4, 0.5) is 5.82 Å². The molecule has 0 aliphatic heterocycles. The zero-order valence-electron chi connectivity index (χ0n) is 17.6. The molecule has 0 amide bonds. The highest BCUT2D eigenvalue weighted by Crippen LogP contribution is 2.26. The number of benzene rings is 1. The summed E-state index contributed by atoms with van der Waals surface area (Å²) in [6.45, 7) is 4.45. The van der Waals surface area contributed by atoms with Crippen LogP contribution in [0.3, 0.4) is 0 Å². The number of aryl methyl sites for hydroxylation is 2. The Morgan fingerprint density at radius 3 is 2.55 bits per heavy atom. The summed E-state index contributed by atoms with van der Waals surface area (Å²) in [6.07, 6.45) is 4.45. The molecule has 0 saturated carbocycles. The molecule has 31 heavy (non-hydrogen) atoms. The van der Waals surface area contributed by atoms with Crippen LogP contribution in [0.1, 0.15) is 31.7 Å². The van der Waals surface area contributed by atoms with Crippen molar-refractivity contribution in [1.82, 2.24) is 9.38 Å². The second-order valence-electron chi connectivity index (χ2n) is 7.66. The number of aromatic nitrogens is 3. The van der Waals surface area contributed by atoms with E-state index in [1.165, 1.54) is 22.6 Å². The van der Waals surface area contributed by atoms with Gasteiger partial charge in [0.2, 0.25) is 21.3 Å². The molecule has 0 radical (unpaired) electrons. The van der Waals surface area contributed by atoms with E-state index in [1.54, 1.807) is 35.0 Å². The molecule has 4 aromatic rings. The number of hydrogen-bond acceptors (Lipinski definition) is 5. The summed E-state index contributed by atoms with van der Waals surface area (Å²) >= 11 is 0. The van der Waals surface area contributed by atoms with Crippen molar-refractivity contribution in [3.05, 3.63) is 70.6 Å². The molecule has 0 aliphatic carbocycles. The predicted molar refractivity (Wildman–Crippen MR) is 120 cm³/mol. The second kappa shape index (κ2) is 8.11. The van der Waals surface area contributed by atoms with Crippen LogP contribution in [-0.2, 0) is 16.4 Å². The Balaban J connectivity index is 2.08. The van der Waals surface area contributed by atoms with E-state index in [0.29, 0.717) is 17.8 Å². The lowest BCUT2D eigenvalue weighted by Crippen LogP contribution is -2.41. The predicted octanol–water partition coefficient (Wildman–Crippen LogP) is 3.05. The number of nitrogens with two attached hydrogens (primary N) is 1. The summed E-state index contributed by atoms with van der Waals surface area (Å²) in [7, 11) is -3.91. The van der Waals surface area contributed by atoms with Gasteiger partial charge in [-0.2, -0.15) is 0 Å². The van der Waals surface area contributed by atoms with E-state index in [1.807, 2.05) is 13.0 Å². The Kier molecular flexibility index (Phi) is 5.49. The van der Waals surface area contributed by atoms with Crippen molar-refractivity contribution < 1.29 is 13.0 Å². The Bertz CT molecular complexity index is 1450. The van der Waals surface area contributed by atoms with Gasteiger partial charge in [-0.1, -0.05) is 49.0 Å². The van der Waals surface area contributed by atoms with E-state index in [2.05, 4.69) is 11.9 Å². The normalized spacial score (nSPS) is 11.9. The molecule has 0 saturated heterocycles. The SMILES string of the molecule is CCCCC[n+]1c(N)c(S(=O)(=O)c2ccccc2)cc2c(=O)n3cc(C)ccc3nc21. The third kappa shape index (κ3) is 3.67. The highest BCUT2D eigenvalue weighted by molar-refractivity contribution is 7.91. The summed E-state index contributed by atoms with van der Waals surface area (Å²) in [5.74, 6) is 0.0933. The molecule has 2 N–H and O–H groups in total. The Hall–Kier alpha value is -3.26. The number of nitrogens with zero attached hydrogens (tertiary/aromatic N) is 3. The van der Waals surface area contributed by atoms with Crippen molar-refractivity contribution in [2.75, 3.05) is 5.73 Å². The largest absolute Gasteiger partial charge is 0.317 e. The number of fused-ring (bicyclic) bond motifs is 2. The lowest BCUT2D eigenvalue weighted by atomic mass is 10.2. The minimum absolute atomic E-state index is 0.0748. The molecule has 0 spiro atoms. The van der Waals surface area contributed by atoms with Gasteiger partial charge in [-0.3, -0.25) is 9.20 Å². The molecule has 3 aromatic heterocycles. The van der Waals surface area contributed by atoms with Gasteiger partial charge in [-0.05, 0) is 43.2 Å². The van der Waals surface area contributed by atoms with Crippen molar-refractivity contribution in [3.8, 4) is 0 Å². The maximum atomic E-state index is 13.4. The number of rotatable bonds is 6. The molecule has 0 fully saturated rings. The van der Waals surface area contributed by atoms with Crippen molar-refractivity contribution in [2.24, 2.45) is 0 Å². The Morgan fingerprint density at radius 1 is 1.10 bits per heavy atom. The van der Waals surface area contributed by atoms with Crippen LogP contribution in [0.15, 0.2) is 69.3 Å². The van der Waals surface area contributed by atoms with Gasteiger partial charge in [0.1, 0.15) is 10.3 Å². The molecular weight excluding hydrogens is 412 g/mol. The molecular formula is C23H25N4O3S+. The van der Waals surface area contributed by atoms with Crippen LogP contribution >= 0.6 is 0 Å². The van der Waals surface area contributed by atoms with E-state index in [0.717, 1.165) is 24.8 Å². The van der Waals surface area contributed by atoms with Gasteiger partial charge >= 0.3 is 0 Å². The van der Waals surface area contributed by atoms with E-state index in [4.69, 9.17) is 5.73 Å². The molecule has 1 aromatic carbocycles. The molecule has 0 unspecified atom stereocenters. The van der Waals surface area contributed by atoms with Crippen LogP contribution in [0.5, 0.6) is 0 Å². The van der Waals surface area contributed by atoms with Crippen molar-refractivity contribution >= 4 is 32.3 Å². The smallest absolute Gasteiger partial charge is 0.278 e. The fourth-order valence-corrected chi connectivity index (χ4v) is 5.15. The molecule has 0 atom stereocenters. The minimum atomic E-state index is -3.91. The third-order valence-corrected chi connectivity index (χ3v) is 7.19. The summed E-state index contributed by atoms with van der Waals surface area (Å²) in [5.41, 5.74) is 7.88. The first-order valence-corrected chi connectivity index (χ1v) is 11.8. The topological polar surface area (TPSA) is 98.4 Å². The molecule has 4 rings (SSSR count). The first-order valence-electron chi connectivity index (χ1n) is 10.3. The van der Waals surface area contributed by atoms with E-state index in [-0.39, 0.29) is 26.6 Å². The maximum Gasteiger partial charge on any atom is 0.278 e. The zero-order chi connectivity index (χ0) is 22.2. The van der Waals surface area contributed by atoms with Crippen LogP contribution in [0.2, 0.25) is 0 Å². The number of nitrogen functional groups attached to an aromatic ring is 1. The fraction of sp³-hybridized carbons (Fsp3) is 0.261. The summed E-state index contributed by atoms with van der Waals surface area (Å²) in [6, 6.07) is 13.1. The van der Waals surface area contributed by atoms with E-state index >= 15 is 0 Å². The molecule has 8 heteroatoms. The first-order chi connectivity index (χ1) is 14.8. The average Bonchev–Trinajstić information content (AvgIpc) is 2.76. The van der Waals surface area contributed by atoms with Gasteiger partial charge in [0.15, 0.2) is 0 Å². The van der Waals surface area contributed by atoms with Gasteiger partial charge in [0.25, 0.3) is 11.2 Å². The van der Waals surface area contributed by atoms with Crippen molar-refractivity contribution in [2.45, 2.75) is 49.4 Å². The average molecular weight is 438 g/mol. The standard InChI is InChI=1S/C23H24N4O3S/c1-3-4-8-13-26-21(24)19(31(29,30)17-9-6-5-7-10-17)14-18-22(26)25-20-12-11-16(2)15-27(20)23(18)28/h5-7,9-12,14-15,24H,3-4,8,13H2,1-2H3/p+1. The summed E-state index contributed by atoms with van der Waals surface area (Å²) in [5, 5.41) is 0.225. The number of hydrogen-bond donors (Lipinski definition) is 1. The highest BCUT2D eigenvalue weighted by atomic mass is 32.2. The highest BCUT2D eigenvalue weighted by Gasteiger charge is 2.29. The van der Waals surface area contributed by atoms with Gasteiger partial charge in [-0.25, -0.2) is 13.0 Å². The number of pyridine rings is 2. The van der Waals surface area contributed by atoms with E-state index in [9.17, 15) is 13.2 Å². The summed E-state index contributed by atoms with van der Waals surface area (Å²) < 4.78 is 29.9. The lowest BCUT2D eigenvalue weighted by molar-refractivity contribution is -0.660. The molecule has 7 nitrogen and oxygen atoms in total. The van der Waals surface area contributed by atoms with E-state index < -0.39 is 9.84 Å². The van der Waals surface area contributed by atoms with Crippen LogP contribution in [0.25, 0.3) is 16.7 Å². The quantitative estimate of drug-likeness (QED) is 0.284. The fourth-order valence-electron chi connectivity index (χ4n) is 3.72. The Labute approximate surface area is 180 Å².